The molecule has 7 nitrogen and oxygen atoms in total. The second-order valence-corrected chi connectivity index (χ2v) is 8.59. The molecule has 0 unspecified atom stereocenters. The average Bonchev–Trinajstić information content (AvgIpc) is 3.38. The van der Waals surface area contributed by atoms with Crippen molar-refractivity contribution >= 4 is 27.3 Å². The molecule has 2 heterocycles. The van der Waals surface area contributed by atoms with Crippen molar-refractivity contribution in [3.05, 3.63) is 35.2 Å². The number of benzene rings is 1. The van der Waals surface area contributed by atoms with Gasteiger partial charge in [0.05, 0.1) is 5.69 Å². The van der Waals surface area contributed by atoms with E-state index in [0.29, 0.717) is 17.9 Å². The molecule has 0 saturated heterocycles. The predicted octanol–water partition coefficient (Wildman–Crippen LogP) is 2.78. The first kappa shape index (κ1) is 17.1. The smallest absolute Gasteiger partial charge is 0.267 e. The Labute approximate surface area is 152 Å². The van der Waals surface area contributed by atoms with Crippen molar-refractivity contribution in [2.45, 2.75) is 44.4 Å². The second-order valence-electron chi connectivity index (χ2n) is 6.97. The van der Waals surface area contributed by atoms with E-state index in [2.05, 4.69) is 9.88 Å². The highest BCUT2D eigenvalue weighted by molar-refractivity contribution is 7.92. The van der Waals surface area contributed by atoms with Crippen molar-refractivity contribution in [2.24, 2.45) is 5.92 Å². The first-order valence-electron chi connectivity index (χ1n) is 8.77. The maximum absolute atomic E-state index is 12.7. The Morgan fingerprint density at radius 2 is 2.08 bits per heavy atom. The molecular weight excluding hydrogens is 354 g/mol. The Hall–Kier alpha value is -2.35. The van der Waals surface area contributed by atoms with Gasteiger partial charge in [0, 0.05) is 18.2 Å². The summed E-state index contributed by atoms with van der Waals surface area (Å²) < 4.78 is 33.0. The molecule has 1 aromatic carbocycles. The number of nitrogens with zero attached hydrogens (tertiary/aromatic N) is 2. The lowest BCUT2D eigenvalue weighted by atomic mass is 10.0. The van der Waals surface area contributed by atoms with E-state index in [0.717, 1.165) is 36.9 Å². The number of fused-ring (bicyclic) bond motifs is 1. The molecule has 1 aromatic heterocycles. The molecule has 2 aliphatic rings. The van der Waals surface area contributed by atoms with Crippen molar-refractivity contribution in [1.29, 1.82) is 0 Å². The van der Waals surface area contributed by atoms with Gasteiger partial charge in [0.15, 0.2) is 10.7 Å². The Morgan fingerprint density at radius 3 is 2.73 bits per heavy atom. The number of aryl methyl sites for hydroxylation is 3. The van der Waals surface area contributed by atoms with E-state index in [-0.39, 0.29) is 22.5 Å². The first-order chi connectivity index (χ1) is 12.4. The molecule has 1 amide bonds. The number of amides is 1. The standard InChI is InChI=1S/C18H21N3O4S/c1-11-17(12(2)25-19-11)26(23,24)20-15-8-7-13-4-3-9-21(16(13)10-15)18(22)14-5-6-14/h7-8,10,14,20H,3-6,9H2,1-2H3. The van der Waals surface area contributed by atoms with E-state index in [9.17, 15) is 13.2 Å². The zero-order chi connectivity index (χ0) is 18.5. The van der Waals surface area contributed by atoms with Crippen molar-refractivity contribution in [3.63, 3.8) is 0 Å². The fourth-order valence-electron chi connectivity index (χ4n) is 3.48. The molecule has 1 fully saturated rings. The van der Waals surface area contributed by atoms with E-state index in [1.165, 1.54) is 0 Å². The lowest BCUT2D eigenvalue weighted by Crippen LogP contribution is -2.36. The van der Waals surface area contributed by atoms with Gasteiger partial charge in [0.25, 0.3) is 10.0 Å². The minimum atomic E-state index is -3.81. The summed E-state index contributed by atoms with van der Waals surface area (Å²) in [6.07, 6.45) is 3.71. The highest BCUT2D eigenvalue weighted by Crippen LogP contribution is 2.37. The number of nitrogens with one attached hydrogen (secondary N) is 1. The molecule has 0 spiro atoms. The van der Waals surface area contributed by atoms with Gasteiger partial charge in [-0.15, -0.1) is 0 Å². The molecule has 1 aliphatic heterocycles. The van der Waals surface area contributed by atoms with Crippen LogP contribution in [-0.4, -0.2) is 26.0 Å². The summed E-state index contributed by atoms with van der Waals surface area (Å²) in [7, 11) is -3.81. The molecule has 0 bridgehead atoms. The molecule has 1 aliphatic carbocycles. The highest BCUT2D eigenvalue weighted by atomic mass is 32.2. The SMILES string of the molecule is Cc1noc(C)c1S(=O)(=O)Nc1ccc2c(c1)N(C(=O)C1CC1)CCC2. The van der Waals surface area contributed by atoms with Crippen LogP contribution in [-0.2, 0) is 21.2 Å². The van der Waals surface area contributed by atoms with E-state index < -0.39 is 10.0 Å². The Morgan fingerprint density at radius 1 is 1.31 bits per heavy atom. The molecule has 0 radical (unpaired) electrons. The van der Waals surface area contributed by atoms with Crippen LogP contribution in [0.25, 0.3) is 0 Å². The molecule has 2 aromatic rings. The molecule has 138 valence electrons. The maximum Gasteiger partial charge on any atom is 0.267 e. The van der Waals surface area contributed by atoms with Crippen LogP contribution in [0.4, 0.5) is 11.4 Å². The zero-order valence-electron chi connectivity index (χ0n) is 14.8. The molecule has 26 heavy (non-hydrogen) atoms. The van der Waals surface area contributed by atoms with Gasteiger partial charge in [-0.25, -0.2) is 8.42 Å². The topological polar surface area (TPSA) is 92.5 Å². The fourth-order valence-corrected chi connectivity index (χ4v) is 4.86. The van der Waals surface area contributed by atoms with E-state index >= 15 is 0 Å². The van der Waals surface area contributed by atoms with Gasteiger partial charge in [-0.2, -0.15) is 0 Å². The lowest BCUT2D eigenvalue weighted by Gasteiger charge is -2.30. The molecule has 0 atom stereocenters. The third-order valence-electron chi connectivity index (χ3n) is 4.89. The predicted molar refractivity (Wildman–Crippen MR) is 96.6 cm³/mol. The molecule has 1 N–H and O–H groups in total. The first-order valence-corrected chi connectivity index (χ1v) is 10.2. The van der Waals surface area contributed by atoms with Gasteiger partial charge in [0.1, 0.15) is 5.69 Å². The van der Waals surface area contributed by atoms with Crippen LogP contribution in [0, 0.1) is 19.8 Å². The normalized spacial score (nSPS) is 17.1. The number of aromatic nitrogens is 1. The van der Waals surface area contributed by atoms with Crippen molar-refractivity contribution in [2.75, 3.05) is 16.2 Å². The number of hydrogen-bond donors (Lipinski definition) is 1. The van der Waals surface area contributed by atoms with Gasteiger partial charge in [-0.05, 0) is 57.2 Å². The molecular formula is C18H21N3O4S. The van der Waals surface area contributed by atoms with E-state index in [1.54, 1.807) is 26.0 Å². The number of anilines is 2. The minimum Gasteiger partial charge on any atom is -0.360 e. The summed E-state index contributed by atoms with van der Waals surface area (Å²) in [6.45, 7) is 3.84. The van der Waals surface area contributed by atoms with Gasteiger partial charge in [0.2, 0.25) is 5.91 Å². The number of carbonyl (C=O) groups excluding carboxylic acids is 1. The van der Waals surface area contributed by atoms with E-state index in [1.807, 2.05) is 11.0 Å². The maximum atomic E-state index is 12.7. The summed E-state index contributed by atoms with van der Waals surface area (Å²) >= 11 is 0. The average molecular weight is 375 g/mol. The molecule has 4 rings (SSSR count). The summed E-state index contributed by atoms with van der Waals surface area (Å²) in [4.78, 5) is 14.4. The molecule has 1 saturated carbocycles. The van der Waals surface area contributed by atoms with Gasteiger partial charge < -0.3 is 9.42 Å². The lowest BCUT2D eigenvalue weighted by molar-refractivity contribution is -0.119. The number of sulfonamides is 1. The van der Waals surface area contributed by atoms with Gasteiger partial charge in [-0.1, -0.05) is 11.2 Å². The fraction of sp³-hybridized carbons (Fsp3) is 0.444. The van der Waals surface area contributed by atoms with Crippen LogP contribution in [0.5, 0.6) is 0 Å². The number of rotatable bonds is 4. The largest absolute Gasteiger partial charge is 0.360 e. The molecule has 8 heteroatoms. The van der Waals surface area contributed by atoms with Crippen LogP contribution >= 0.6 is 0 Å². The zero-order valence-corrected chi connectivity index (χ0v) is 15.6. The monoisotopic (exact) mass is 375 g/mol. The van der Waals surface area contributed by atoms with Crippen molar-refractivity contribution in [3.8, 4) is 0 Å². The van der Waals surface area contributed by atoms with Crippen LogP contribution in [0.15, 0.2) is 27.6 Å². The highest BCUT2D eigenvalue weighted by Gasteiger charge is 2.35. The summed E-state index contributed by atoms with van der Waals surface area (Å²) in [5, 5.41) is 3.71. The van der Waals surface area contributed by atoms with Crippen LogP contribution in [0.3, 0.4) is 0 Å². The Kier molecular flexibility index (Phi) is 4.02. The summed E-state index contributed by atoms with van der Waals surface area (Å²) in [5.41, 5.74) is 2.63. The van der Waals surface area contributed by atoms with Crippen molar-refractivity contribution in [1.82, 2.24) is 5.16 Å². The Balaban J connectivity index is 1.66. The van der Waals surface area contributed by atoms with Crippen molar-refractivity contribution < 1.29 is 17.7 Å². The minimum absolute atomic E-state index is 0.0566. The third-order valence-corrected chi connectivity index (χ3v) is 6.51. The quantitative estimate of drug-likeness (QED) is 0.887. The van der Waals surface area contributed by atoms with Gasteiger partial charge >= 0.3 is 0 Å². The third kappa shape index (κ3) is 2.98. The second kappa shape index (κ2) is 6.12. The Bertz CT molecular complexity index is 957. The van der Waals surface area contributed by atoms with Crippen LogP contribution in [0.1, 0.15) is 36.3 Å². The summed E-state index contributed by atoms with van der Waals surface area (Å²) in [5.74, 6) is 0.527. The van der Waals surface area contributed by atoms with E-state index in [4.69, 9.17) is 4.52 Å². The number of hydrogen-bond acceptors (Lipinski definition) is 5. The van der Waals surface area contributed by atoms with Gasteiger partial charge in [-0.3, -0.25) is 9.52 Å². The number of carbonyl (C=O) groups is 1. The van der Waals surface area contributed by atoms with Crippen LogP contribution < -0.4 is 9.62 Å². The van der Waals surface area contributed by atoms with Crippen LogP contribution in [0.2, 0.25) is 0 Å². The summed E-state index contributed by atoms with van der Waals surface area (Å²) in [6, 6.07) is 5.39.